The molecule has 2 N–H and O–H groups in total. The summed E-state index contributed by atoms with van der Waals surface area (Å²) in [5, 5.41) is 1.13. The largest absolute Gasteiger partial charge is 0.454 e. The molecular formula is C23H20BrN5O2S. The van der Waals surface area contributed by atoms with Crippen LogP contribution in [0.2, 0.25) is 0 Å². The van der Waals surface area contributed by atoms with Crippen LogP contribution in [-0.4, -0.2) is 19.5 Å². The molecular weight excluding hydrogens is 490 g/mol. The van der Waals surface area contributed by atoms with Gasteiger partial charge in [-0.05, 0) is 36.2 Å². The zero-order valence-electron chi connectivity index (χ0n) is 17.0. The third kappa shape index (κ3) is 4.44. The van der Waals surface area contributed by atoms with Crippen LogP contribution < -0.4 is 5.73 Å². The van der Waals surface area contributed by atoms with Crippen molar-refractivity contribution in [3.05, 3.63) is 87.9 Å². The first-order valence-electron chi connectivity index (χ1n) is 10.1. The van der Waals surface area contributed by atoms with E-state index in [9.17, 15) is 0 Å². The van der Waals surface area contributed by atoms with Gasteiger partial charge in [-0.25, -0.2) is 15.0 Å². The molecule has 3 aliphatic rings. The van der Waals surface area contributed by atoms with E-state index in [2.05, 4.69) is 55.1 Å². The third-order valence-corrected chi connectivity index (χ3v) is 6.52. The number of ether oxygens (including phenoxy) is 2. The number of nitrogen functional groups attached to an aromatic ring is 1. The maximum absolute atomic E-state index is 6.07. The molecule has 9 heteroatoms. The fourth-order valence-corrected chi connectivity index (χ4v) is 4.62. The molecule has 5 rings (SSSR count). The van der Waals surface area contributed by atoms with Gasteiger partial charge in [0.1, 0.15) is 6.26 Å². The molecule has 7 nitrogen and oxygen atoms in total. The minimum atomic E-state index is -0.507. The molecule has 2 aromatic carbocycles. The van der Waals surface area contributed by atoms with Crippen LogP contribution in [-0.2, 0) is 22.4 Å². The van der Waals surface area contributed by atoms with Crippen LogP contribution >= 0.6 is 27.7 Å². The molecule has 2 aromatic rings. The number of thioether (sulfide) groups is 1. The first-order valence-corrected chi connectivity index (χ1v) is 11.7. The molecule has 0 radical (unpaired) electrons. The lowest BCUT2D eigenvalue weighted by Gasteiger charge is -2.12. The maximum Gasteiger partial charge on any atom is 0.268 e. The Morgan fingerprint density at radius 3 is 2.72 bits per heavy atom. The van der Waals surface area contributed by atoms with Crippen molar-refractivity contribution in [2.45, 2.75) is 30.8 Å². The van der Waals surface area contributed by atoms with E-state index in [0.717, 1.165) is 35.2 Å². The molecule has 3 aliphatic heterocycles. The number of aryl methyl sites for hydroxylation is 2. The Bertz CT molecular complexity index is 1230. The lowest BCUT2D eigenvalue weighted by Crippen LogP contribution is -2.09. The molecule has 0 aliphatic carbocycles. The third-order valence-electron chi connectivity index (χ3n) is 5.04. The Morgan fingerprint density at radius 2 is 1.88 bits per heavy atom. The average molecular weight is 510 g/mol. The van der Waals surface area contributed by atoms with Gasteiger partial charge in [-0.15, -0.1) is 0 Å². The van der Waals surface area contributed by atoms with Crippen LogP contribution in [0, 0.1) is 0 Å². The zero-order chi connectivity index (χ0) is 21.9. The van der Waals surface area contributed by atoms with E-state index in [4.69, 9.17) is 15.2 Å². The van der Waals surface area contributed by atoms with Gasteiger partial charge in [0.05, 0.1) is 6.33 Å². The Kier molecular flexibility index (Phi) is 6.00. The smallest absolute Gasteiger partial charge is 0.268 e. The number of fused-ring (bicyclic) bond motifs is 1. The summed E-state index contributed by atoms with van der Waals surface area (Å²) in [5.41, 5.74) is 8.89. The number of halogens is 1. The second kappa shape index (κ2) is 9.22. The highest BCUT2D eigenvalue weighted by Crippen LogP contribution is 2.40. The van der Waals surface area contributed by atoms with Crippen LogP contribution in [0.5, 0.6) is 0 Å². The number of benzene rings is 2. The number of hydrogen-bond acceptors (Lipinski definition) is 7. The van der Waals surface area contributed by atoms with Gasteiger partial charge < -0.3 is 19.8 Å². The fraction of sp³-hybridized carbons (Fsp3) is 0.174. The lowest BCUT2D eigenvalue weighted by atomic mass is 10.1. The van der Waals surface area contributed by atoms with E-state index < -0.39 is 6.29 Å². The second-order valence-corrected chi connectivity index (χ2v) is 9.06. The summed E-state index contributed by atoms with van der Waals surface area (Å²) in [6.45, 7) is 0.772. The van der Waals surface area contributed by atoms with Gasteiger partial charge in [-0.3, -0.25) is 0 Å². The summed E-state index contributed by atoms with van der Waals surface area (Å²) in [7, 11) is 0. The van der Waals surface area contributed by atoms with Crippen LogP contribution in [0.25, 0.3) is 11.5 Å². The standard InChI is InChI=1S/C23H20BrN5O2S/c24-17-11-5-4-10-16(17)22-30-13-18(31-22)32-23-27-19-20(25)26-14-29(21(19)28-23)12-6-9-15-7-2-1-3-8-15/h1-5,7-8,10-11,13-14,22H,6,9,12,25H2. The fourth-order valence-electron chi connectivity index (χ4n) is 3.46. The minimum absolute atomic E-state index is 0.363. The van der Waals surface area contributed by atoms with Crippen molar-refractivity contribution in [1.82, 2.24) is 19.5 Å². The number of imidazole rings is 1. The average Bonchev–Trinajstić information content (AvgIpc) is 3.44. The van der Waals surface area contributed by atoms with E-state index in [1.54, 1.807) is 12.6 Å². The molecule has 0 amide bonds. The monoisotopic (exact) mass is 509 g/mol. The van der Waals surface area contributed by atoms with E-state index in [0.29, 0.717) is 21.8 Å². The van der Waals surface area contributed by atoms with Gasteiger partial charge in [0.15, 0.2) is 22.5 Å². The van der Waals surface area contributed by atoms with E-state index in [-0.39, 0.29) is 0 Å². The number of nitrogens with zero attached hydrogens (tertiary/aromatic N) is 4. The molecule has 0 fully saturated rings. The predicted octanol–water partition coefficient (Wildman–Crippen LogP) is 5.39. The predicted molar refractivity (Wildman–Crippen MR) is 127 cm³/mol. The summed E-state index contributed by atoms with van der Waals surface area (Å²) in [5.74, 6) is 1.08. The number of hydrogen-bond donors (Lipinski definition) is 1. The molecule has 0 saturated carbocycles. The summed E-state index contributed by atoms with van der Waals surface area (Å²) in [6.07, 6.45) is 4.74. The normalized spacial score (nSPS) is 15.4. The number of rotatable bonds is 7. The van der Waals surface area contributed by atoms with E-state index >= 15 is 0 Å². The molecule has 0 aromatic heterocycles. The summed E-state index contributed by atoms with van der Waals surface area (Å²) < 4.78 is 14.6. The molecule has 1 unspecified atom stereocenters. The second-order valence-electron chi connectivity index (χ2n) is 7.24. The van der Waals surface area contributed by atoms with Crippen molar-refractivity contribution in [2.75, 3.05) is 5.73 Å². The van der Waals surface area contributed by atoms with Crippen LogP contribution in [0.4, 0.5) is 5.82 Å². The maximum atomic E-state index is 6.07. The first kappa shape index (κ1) is 20.8. The van der Waals surface area contributed by atoms with Crippen LogP contribution in [0.15, 0.2) is 81.9 Å². The van der Waals surface area contributed by atoms with Crippen molar-refractivity contribution in [3.8, 4) is 11.5 Å². The highest BCUT2D eigenvalue weighted by atomic mass is 79.9. The molecule has 32 heavy (non-hydrogen) atoms. The molecule has 0 saturated heterocycles. The van der Waals surface area contributed by atoms with Gasteiger partial charge in [0.25, 0.3) is 6.29 Å². The number of aromatic nitrogens is 4. The first-order chi connectivity index (χ1) is 15.7. The molecule has 162 valence electrons. The Balaban J connectivity index is 1.28. The highest BCUT2D eigenvalue weighted by Gasteiger charge is 2.26. The summed E-state index contributed by atoms with van der Waals surface area (Å²) >= 11 is 4.83. The molecule has 0 bridgehead atoms. The molecule has 3 heterocycles. The Morgan fingerprint density at radius 1 is 1.06 bits per heavy atom. The Hall–Kier alpha value is -3.04. The quantitative estimate of drug-likeness (QED) is 0.357. The van der Waals surface area contributed by atoms with Crippen molar-refractivity contribution >= 4 is 33.5 Å². The zero-order valence-corrected chi connectivity index (χ0v) is 19.4. The van der Waals surface area contributed by atoms with Gasteiger partial charge in [-0.2, -0.15) is 0 Å². The minimum Gasteiger partial charge on any atom is -0.454 e. The van der Waals surface area contributed by atoms with Gasteiger partial charge in [0.2, 0.25) is 5.09 Å². The van der Waals surface area contributed by atoms with Crippen molar-refractivity contribution < 1.29 is 9.47 Å². The number of nitrogens with two attached hydrogens (primary N) is 1. The topological polar surface area (TPSA) is 88.1 Å². The summed E-state index contributed by atoms with van der Waals surface area (Å²) in [4.78, 5) is 13.6. The lowest BCUT2D eigenvalue weighted by molar-refractivity contribution is -0.0278. The summed E-state index contributed by atoms with van der Waals surface area (Å²) in [6, 6.07) is 18.2. The molecule has 0 spiro atoms. The van der Waals surface area contributed by atoms with E-state index in [1.165, 1.54) is 17.3 Å². The number of anilines is 1. The van der Waals surface area contributed by atoms with Gasteiger partial charge in [-0.1, -0.05) is 64.5 Å². The van der Waals surface area contributed by atoms with Crippen LogP contribution in [0.1, 0.15) is 23.8 Å². The van der Waals surface area contributed by atoms with Crippen molar-refractivity contribution in [1.29, 1.82) is 0 Å². The van der Waals surface area contributed by atoms with E-state index in [1.807, 2.05) is 34.9 Å². The Labute approximate surface area is 198 Å². The van der Waals surface area contributed by atoms with Gasteiger partial charge >= 0.3 is 0 Å². The SMILES string of the molecule is Nc1ncn(CCCc2ccccc2)c2nc(SC3=COC(c4ccccc4Br)O3)nc1-2. The molecule has 1 atom stereocenters. The highest BCUT2D eigenvalue weighted by molar-refractivity contribution is 9.10. The van der Waals surface area contributed by atoms with Crippen LogP contribution in [0.3, 0.4) is 0 Å². The van der Waals surface area contributed by atoms with Gasteiger partial charge in [0, 0.05) is 16.6 Å². The van der Waals surface area contributed by atoms with Crippen molar-refractivity contribution in [3.63, 3.8) is 0 Å². The van der Waals surface area contributed by atoms with Crippen molar-refractivity contribution in [2.24, 2.45) is 0 Å².